The quantitative estimate of drug-likeness (QED) is 0.699. The molecule has 1 saturated heterocycles. The third-order valence-corrected chi connectivity index (χ3v) is 6.11. The number of likely N-dealkylation sites (N-methyl/N-ethyl adjacent to an activating group) is 1. The first-order valence-corrected chi connectivity index (χ1v) is 9.98. The van der Waals surface area contributed by atoms with Crippen molar-refractivity contribution in [2.45, 2.75) is 25.9 Å². The summed E-state index contributed by atoms with van der Waals surface area (Å²) in [6, 6.07) is 10.6. The molecule has 0 saturated carbocycles. The van der Waals surface area contributed by atoms with Crippen LogP contribution in [0.1, 0.15) is 24.3 Å². The molecule has 4 rings (SSSR count). The Labute approximate surface area is 163 Å². The van der Waals surface area contributed by atoms with Gasteiger partial charge in [0.2, 0.25) is 0 Å². The van der Waals surface area contributed by atoms with E-state index in [2.05, 4.69) is 35.9 Å². The van der Waals surface area contributed by atoms with Gasteiger partial charge >= 0.3 is 0 Å². The van der Waals surface area contributed by atoms with E-state index in [-0.39, 0.29) is 5.91 Å². The van der Waals surface area contributed by atoms with Crippen LogP contribution in [0.4, 0.5) is 0 Å². The van der Waals surface area contributed by atoms with Crippen molar-refractivity contribution >= 4 is 17.2 Å². The molecule has 27 heavy (non-hydrogen) atoms. The molecule has 1 aromatic carbocycles. The minimum Gasteiger partial charge on any atom is -0.334 e. The molecule has 0 unspecified atom stereocenters. The first-order valence-electron chi connectivity index (χ1n) is 9.10. The number of rotatable bonds is 3. The Morgan fingerprint density at radius 2 is 1.85 bits per heavy atom. The van der Waals surface area contributed by atoms with Crippen molar-refractivity contribution in [2.24, 2.45) is 0 Å². The van der Waals surface area contributed by atoms with E-state index < -0.39 is 0 Å². The second-order valence-electron chi connectivity index (χ2n) is 7.12. The van der Waals surface area contributed by atoms with E-state index in [1.807, 2.05) is 51.5 Å². The standard InChI is InChI=1S/C20H23N5OS/c1-14-10-24(11-15(2)23(14)3)20(26)18-13-27-19(22-18)16-9-21-25(12-16)17-7-5-4-6-8-17/h4-9,12-15H,10-11H2,1-3H3/t14-,15+. The van der Waals surface area contributed by atoms with Gasteiger partial charge in [-0.3, -0.25) is 9.69 Å². The van der Waals surface area contributed by atoms with E-state index in [9.17, 15) is 4.79 Å². The van der Waals surface area contributed by atoms with Gasteiger partial charge in [0, 0.05) is 42.3 Å². The summed E-state index contributed by atoms with van der Waals surface area (Å²) in [6.07, 6.45) is 3.74. The van der Waals surface area contributed by atoms with Crippen molar-refractivity contribution in [3.63, 3.8) is 0 Å². The smallest absolute Gasteiger partial charge is 0.273 e. The van der Waals surface area contributed by atoms with Crippen LogP contribution in [0.3, 0.4) is 0 Å². The third-order valence-electron chi connectivity index (χ3n) is 5.22. The molecule has 1 aliphatic rings. The van der Waals surface area contributed by atoms with E-state index in [4.69, 9.17) is 0 Å². The molecular formula is C20H23N5OS. The number of carbonyl (C=O) groups is 1. The molecule has 0 aliphatic carbocycles. The molecule has 0 bridgehead atoms. The van der Waals surface area contributed by atoms with Gasteiger partial charge in [-0.2, -0.15) is 5.10 Å². The number of carbonyl (C=O) groups excluding carboxylic acids is 1. The average molecular weight is 382 g/mol. The largest absolute Gasteiger partial charge is 0.334 e. The minimum absolute atomic E-state index is 0.0137. The number of nitrogens with zero attached hydrogens (tertiary/aromatic N) is 5. The molecule has 2 aromatic heterocycles. The molecule has 6 nitrogen and oxygen atoms in total. The number of aromatic nitrogens is 3. The number of piperazine rings is 1. The Bertz CT molecular complexity index is 923. The summed E-state index contributed by atoms with van der Waals surface area (Å²) in [5.74, 6) is 0.0137. The molecule has 1 amide bonds. The highest BCUT2D eigenvalue weighted by Gasteiger charge is 2.30. The fourth-order valence-electron chi connectivity index (χ4n) is 3.39. The van der Waals surface area contributed by atoms with Gasteiger partial charge in [0.1, 0.15) is 10.7 Å². The predicted octanol–water partition coefficient (Wildman–Crippen LogP) is 3.16. The molecule has 2 atom stereocenters. The highest BCUT2D eigenvalue weighted by molar-refractivity contribution is 7.13. The Morgan fingerprint density at radius 3 is 2.56 bits per heavy atom. The van der Waals surface area contributed by atoms with Crippen molar-refractivity contribution in [3.8, 4) is 16.3 Å². The van der Waals surface area contributed by atoms with Gasteiger partial charge < -0.3 is 4.90 Å². The lowest BCUT2D eigenvalue weighted by Gasteiger charge is -2.42. The molecule has 7 heteroatoms. The molecule has 1 fully saturated rings. The Balaban J connectivity index is 1.52. The van der Waals surface area contributed by atoms with Crippen LogP contribution in [-0.4, -0.2) is 62.7 Å². The molecule has 0 spiro atoms. The van der Waals surface area contributed by atoms with Crippen LogP contribution in [0.15, 0.2) is 48.1 Å². The van der Waals surface area contributed by atoms with E-state index in [0.717, 1.165) is 29.3 Å². The average Bonchev–Trinajstić information content (AvgIpc) is 3.35. The van der Waals surface area contributed by atoms with Crippen molar-refractivity contribution in [3.05, 3.63) is 53.8 Å². The predicted molar refractivity (Wildman–Crippen MR) is 107 cm³/mol. The van der Waals surface area contributed by atoms with E-state index in [1.54, 1.807) is 6.20 Å². The molecule has 1 aliphatic heterocycles. The normalized spacial score (nSPS) is 20.8. The van der Waals surface area contributed by atoms with Gasteiger partial charge in [-0.15, -0.1) is 11.3 Å². The minimum atomic E-state index is 0.0137. The Kier molecular flexibility index (Phi) is 4.80. The fourth-order valence-corrected chi connectivity index (χ4v) is 4.16. The first kappa shape index (κ1) is 17.9. The molecule has 0 radical (unpaired) electrons. The topological polar surface area (TPSA) is 54.3 Å². The highest BCUT2D eigenvalue weighted by Crippen LogP contribution is 2.25. The zero-order valence-electron chi connectivity index (χ0n) is 15.7. The van der Waals surface area contributed by atoms with E-state index >= 15 is 0 Å². The number of hydrogen-bond acceptors (Lipinski definition) is 5. The van der Waals surface area contributed by atoms with Crippen LogP contribution in [0.5, 0.6) is 0 Å². The summed E-state index contributed by atoms with van der Waals surface area (Å²) in [5, 5.41) is 7.09. The summed E-state index contributed by atoms with van der Waals surface area (Å²) in [7, 11) is 2.11. The number of para-hydroxylation sites is 1. The third kappa shape index (κ3) is 3.52. The Hall–Kier alpha value is -2.51. The molecule has 3 heterocycles. The van der Waals surface area contributed by atoms with Crippen molar-refractivity contribution in [2.75, 3.05) is 20.1 Å². The van der Waals surface area contributed by atoms with Crippen LogP contribution in [0, 0.1) is 0 Å². The lowest BCUT2D eigenvalue weighted by atomic mass is 10.1. The molecule has 3 aromatic rings. The zero-order valence-corrected chi connectivity index (χ0v) is 16.6. The van der Waals surface area contributed by atoms with Gasteiger partial charge in [-0.1, -0.05) is 18.2 Å². The van der Waals surface area contributed by atoms with E-state index in [1.165, 1.54) is 11.3 Å². The molecule has 140 valence electrons. The molecular weight excluding hydrogens is 358 g/mol. The monoisotopic (exact) mass is 381 g/mol. The number of thiazole rings is 1. The summed E-state index contributed by atoms with van der Waals surface area (Å²) < 4.78 is 1.82. The van der Waals surface area contributed by atoms with Gasteiger partial charge in [-0.05, 0) is 33.0 Å². The van der Waals surface area contributed by atoms with Crippen LogP contribution in [0.2, 0.25) is 0 Å². The van der Waals surface area contributed by atoms with Crippen LogP contribution in [-0.2, 0) is 0 Å². The molecule has 0 N–H and O–H groups in total. The lowest BCUT2D eigenvalue weighted by Crippen LogP contribution is -2.56. The summed E-state index contributed by atoms with van der Waals surface area (Å²) in [5.41, 5.74) is 2.44. The number of hydrogen-bond donors (Lipinski definition) is 0. The highest BCUT2D eigenvalue weighted by atomic mass is 32.1. The second-order valence-corrected chi connectivity index (χ2v) is 7.98. The van der Waals surface area contributed by atoms with Gasteiger partial charge in [0.15, 0.2) is 0 Å². The Morgan fingerprint density at radius 1 is 1.15 bits per heavy atom. The van der Waals surface area contributed by atoms with Gasteiger partial charge in [0.25, 0.3) is 5.91 Å². The second kappa shape index (κ2) is 7.25. The van der Waals surface area contributed by atoms with Crippen molar-refractivity contribution in [1.82, 2.24) is 24.6 Å². The zero-order chi connectivity index (χ0) is 19.0. The van der Waals surface area contributed by atoms with E-state index in [0.29, 0.717) is 17.8 Å². The number of benzene rings is 1. The van der Waals surface area contributed by atoms with Crippen LogP contribution >= 0.6 is 11.3 Å². The summed E-state index contributed by atoms with van der Waals surface area (Å²) >= 11 is 1.48. The van der Waals surface area contributed by atoms with Gasteiger partial charge in [0.05, 0.1) is 11.9 Å². The lowest BCUT2D eigenvalue weighted by molar-refractivity contribution is 0.0410. The van der Waals surface area contributed by atoms with Crippen molar-refractivity contribution < 1.29 is 4.79 Å². The first-order chi connectivity index (χ1) is 13.0. The maximum Gasteiger partial charge on any atom is 0.273 e. The SMILES string of the molecule is C[C@@H]1CN(C(=O)c2csc(-c3cnn(-c4ccccc4)c3)n2)C[C@H](C)N1C. The van der Waals surface area contributed by atoms with Crippen LogP contribution < -0.4 is 0 Å². The maximum absolute atomic E-state index is 12.9. The number of amides is 1. The van der Waals surface area contributed by atoms with Crippen LogP contribution in [0.25, 0.3) is 16.3 Å². The van der Waals surface area contributed by atoms with Gasteiger partial charge in [-0.25, -0.2) is 9.67 Å². The summed E-state index contributed by atoms with van der Waals surface area (Å²) in [6.45, 7) is 5.78. The summed E-state index contributed by atoms with van der Waals surface area (Å²) in [4.78, 5) is 21.7. The van der Waals surface area contributed by atoms with Crippen molar-refractivity contribution in [1.29, 1.82) is 0 Å². The maximum atomic E-state index is 12.9. The fraction of sp³-hybridized carbons (Fsp3) is 0.350.